The van der Waals surface area contributed by atoms with E-state index in [1.54, 1.807) is 13.8 Å². The molecule has 0 bridgehead atoms. The molecule has 4 nitrogen and oxygen atoms in total. The first-order valence-electron chi connectivity index (χ1n) is 8.22. The Morgan fingerprint density at radius 3 is 2.18 bits per heavy atom. The second-order valence-corrected chi connectivity index (χ2v) is 7.90. The number of Topliss-reactive ketones (excluding diaryl/α,β-unsaturated/α-hetero) is 2. The Hall–Kier alpha value is -1.19. The molecule has 0 spiro atoms. The zero-order valence-corrected chi connectivity index (χ0v) is 14.6. The van der Waals surface area contributed by atoms with Crippen LogP contribution >= 0.6 is 0 Å². The minimum absolute atomic E-state index is 0.0490. The van der Waals surface area contributed by atoms with E-state index in [4.69, 9.17) is 0 Å². The highest BCUT2D eigenvalue weighted by molar-refractivity contribution is 5.81. The fourth-order valence-corrected chi connectivity index (χ4v) is 4.61. The summed E-state index contributed by atoms with van der Waals surface area (Å²) in [6.45, 7) is 9.41. The topological polar surface area (TPSA) is 71.4 Å². The first-order valence-corrected chi connectivity index (χ1v) is 8.22. The number of carbonyl (C=O) groups excluding carboxylic acids is 2. The highest BCUT2D eigenvalue weighted by Crippen LogP contribution is 2.57. The van der Waals surface area contributed by atoms with Crippen LogP contribution in [0.15, 0.2) is 0 Å². The largest absolute Gasteiger partial charge is 0.481 e. The van der Waals surface area contributed by atoms with Gasteiger partial charge in [-0.2, -0.15) is 0 Å². The van der Waals surface area contributed by atoms with Crippen molar-refractivity contribution in [1.29, 1.82) is 0 Å². The van der Waals surface area contributed by atoms with Crippen LogP contribution in [0.3, 0.4) is 0 Å². The fourth-order valence-electron chi connectivity index (χ4n) is 4.61. The predicted molar refractivity (Wildman–Crippen MR) is 85.6 cm³/mol. The molecule has 1 aliphatic carbocycles. The van der Waals surface area contributed by atoms with Gasteiger partial charge in [-0.25, -0.2) is 0 Å². The molecular formula is C18H30O4. The zero-order valence-electron chi connectivity index (χ0n) is 14.6. The van der Waals surface area contributed by atoms with E-state index in [0.29, 0.717) is 12.8 Å². The Balaban J connectivity index is 3.17. The lowest BCUT2D eigenvalue weighted by molar-refractivity contribution is -0.148. The van der Waals surface area contributed by atoms with Crippen LogP contribution in [-0.2, 0) is 14.4 Å². The summed E-state index contributed by atoms with van der Waals surface area (Å²) in [7, 11) is 0. The molecule has 22 heavy (non-hydrogen) atoms. The van der Waals surface area contributed by atoms with Crippen LogP contribution in [0.2, 0.25) is 0 Å². The molecule has 1 rings (SSSR count). The monoisotopic (exact) mass is 310 g/mol. The zero-order chi connectivity index (χ0) is 17.1. The van der Waals surface area contributed by atoms with Crippen LogP contribution in [0.4, 0.5) is 0 Å². The van der Waals surface area contributed by atoms with Crippen molar-refractivity contribution in [1.82, 2.24) is 0 Å². The van der Waals surface area contributed by atoms with E-state index < -0.39 is 5.97 Å². The number of aliphatic carboxylic acids is 1. The van der Waals surface area contributed by atoms with Crippen molar-refractivity contribution < 1.29 is 19.5 Å². The summed E-state index contributed by atoms with van der Waals surface area (Å²) in [5, 5.41) is 9.33. The summed E-state index contributed by atoms with van der Waals surface area (Å²) < 4.78 is 0. The maximum Gasteiger partial charge on any atom is 0.303 e. The van der Waals surface area contributed by atoms with Crippen molar-refractivity contribution >= 4 is 17.5 Å². The van der Waals surface area contributed by atoms with Gasteiger partial charge >= 0.3 is 5.97 Å². The van der Waals surface area contributed by atoms with Crippen LogP contribution in [0.25, 0.3) is 0 Å². The minimum atomic E-state index is -0.805. The number of hydrogen-bond donors (Lipinski definition) is 1. The molecule has 0 heterocycles. The van der Waals surface area contributed by atoms with Crippen molar-refractivity contribution in [2.75, 3.05) is 0 Å². The van der Waals surface area contributed by atoms with Crippen LogP contribution in [0.5, 0.6) is 0 Å². The molecule has 0 saturated heterocycles. The minimum Gasteiger partial charge on any atom is -0.481 e. The molecule has 0 amide bonds. The molecule has 0 radical (unpaired) electrons. The Bertz CT molecular complexity index is 452. The second kappa shape index (κ2) is 6.93. The van der Waals surface area contributed by atoms with Crippen molar-refractivity contribution in [3.05, 3.63) is 0 Å². The number of rotatable bonds is 7. The molecule has 0 aromatic carbocycles. The quantitative estimate of drug-likeness (QED) is 0.775. The Morgan fingerprint density at radius 2 is 1.73 bits per heavy atom. The average molecular weight is 310 g/mol. The molecule has 0 aromatic rings. The van der Waals surface area contributed by atoms with Crippen molar-refractivity contribution in [3.8, 4) is 0 Å². The average Bonchev–Trinajstić information content (AvgIpc) is 2.33. The standard InChI is InChI=1S/C18H30O4/c1-12(19)7-8-14(13(2)20)18(5)10-6-9-17(3,4)15(18)11-16(21)22/h14-15H,6-11H2,1-5H3,(H,21,22)/t14-,15+,18-/m0/s1. The van der Waals surface area contributed by atoms with E-state index in [2.05, 4.69) is 20.8 Å². The third-order valence-electron chi connectivity index (χ3n) is 5.73. The summed E-state index contributed by atoms with van der Waals surface area (Å²) in [5.74, 6) is -0.927. The van der Waals surface area contributed by atoms with Crippen LogP contribution < -0.4 is 0 Å². The molecule has 4 heteroatoms. The third-order valence-corrected chi connectivity index (χ3v) is 5.73. The summed E-state index contributed by atoms with van der Waals surface area (Å²) >= 11 is 0. The lowest BCUT2D eigenvalue weighted by Crippen LogP contribution is -2.49. The van der Waals surface area contributed by atoms with Gasteiger partial charge in [-0.3, -0.25) is 9.59 Å². The van der Waals surface area contributed by atoms with Gasteiger partial charge in [0.15, 0.2) is 0 Å². The molecule has 0 aromatic heterocycles. The summed E-state index contributed by atoms with van der Waals surface area (Å²) in [4.78, 5) is 34.9. The molecular weight excluding hydrogens is 280 g/mol. The van der Waals surface area contributed by atoms with E-state index in [0.717, 1.165) is 19.3 Å². The maximum absolute atomic E-state index is 12.2. The highest BCUT2D eigenvalue weighted by Gasteiger charge is 2.51. The number of carbonyl (C=O) groups is 3. The molecule has 1 fully saturated rings. The lowest BCUT2D eigenvalue weighted by atomic mass is 9.50. The maximum atomic E-state index is 12.2. The molecule has 0 aliphatic heterocycles. The highest BCUT2D eigenvalue weighted by atomic mass is 16.4. The Labute approximate surface area is 133 Å². The van der Waals surface area contributed by atoms with E-state index in [-0.39, 0.29) is 40.7 Å². The number of carboxylic acid groups (broad SMARTS) is 1. The van der Waals surface area contributed by atoms with Gasteiger partial charge in [-0.1, -0.05) is 27.2 Å². The van der Waals surface area contributed by atoms with Crippen molar-refractivity contribution in [3.63, 3.8) is 0 Å². The first kappa shape index (κ1) is 18.9. The van der Waals surface area contributed by atoms with Gasteiger partial charge in [0.2, 0.25) is 0 Å². The Kier molecular flexibility index (Phi) is 5.94. The predicted octanol–water partition coefficient (Wildman–Crippen LogP) is 3.87. The molecule has 0 unspecified atom stereocenters. The molecule has 1 saturated carbocycles. The van der Waals surface area contributed by atoms with Crippen molar-refractivity contribution in [2.45, 2.75) is 73.1 Å². The van der Waals surface area contributed by atoms with Crippen LogP contribution in [0, 0.1) is 22.7 Å². The van der Waals surface area contributed by atoms with Crippen molar-refractivity contribution in [2.24, 2.45) is 22.7 Å². The van der Waals surface area contributed by atoms with E-state index >= 15 is 0 Å². The van der Waals surface area contributed by atoms with Crippen LogP contribution in [0.1, 0.15) is 73.1 Å². The Morgan fingerprint density at radius 1 is 1.14 bits per heavy atom. The third kappa shape index (κ3) is 4.17. The smallest absolute Gasteiger partial charge is 0.303 e. The number of ketones is 2. The normalized spacial score (nSPS) is 28.9. The first-order chi connectivity index (χ1) is 10.0. The van der Waals surface area contributed by atoms with Gasteiger partial charge in [-0.15, -0.1) is 0 Å². The number of carboxylic acids is 1. The molecule has 126 valence electrons. The summed E-state index contributed by atoms with van der Waals surface area (Å²) in [6.07, 6.45) is 3.86. The van der Waals surface area contributed by atoms with E-state index in [1.165, 1.54) is 0 Å². The van der Waals surface area contributed by atoms with Gasteiger partial charge in [0.05, 0.1) is 0 Å². The molecule has 1 aliphatic rings. The molecule has 1 N–H and O–H groups in total. The lowest BCUT2D eigenvalue weighted by Gasteiger charge is -2.53. The SMILES string of the molecule is CC(=O)CC[C@@H](C(C)=O)[C@]1(C)CCCC(C)(C)[C@H]1CC(=O)O. The summed E-state index contributed by atoms with van der Waals surface area (Å²) in [5.41, 5.74) is -0.448. The van der Waals surface area contributed by atoms with Gasteiger partial charge in [0.1, 0.15) is 11.6 Å². The van der Waals surface area contributed by atoms with Gasteiger partial charge in [-0.05, 0) is 49.9 Å². The van der Waals surface area contributed by atoms with Gasteiger partial charge in [0, 0.05) is 18.8 Å². The molecule has 3 atom stereocenters. The summed E-state index contributed by atoms with van der Waals surface area (Å²) in [6, 6.07) is 0. The van der Waals surface area contributed by atoms with Gasteiger partial charge in [0.25, 0.3) is 0 Å². The van der Waals surface area contributed by atoms with E-state index in [9.17, 15) is 19.5 Å². The van der Waals surface area contributed by atoms with E-state index in [1.807, 2.05) is 0 Å². The number of hydrogen-bond acceptors (Lipinski definition) is 3. The second-order valence-electron chi connectivity index (χ2n) is 7.90. The fraction of sp³-hybridized carbons (Fsp3) is 0.833. The van der Waals surface area contributed by atoms with Crippen LogP contribution in [-0.4, -0.2) is 22.6 Å². The van der Waals surface area contributed by atoms with Gasteiger partial charge < -0.3 is 9.90 Å².